The average Bonchev–Trinajstić information content (AvgIpc) is 2.63. The largest absolute Gasteiger partial charge is 0.342 e. The molecule has 3 rings (SSSR count). The molecule has 1 amide bonds. The number of halogens is 1. The minimum Gasteiger partial charge on any atom is -0.342 e. The molecule has 2 fully saturated rings. The molecule has 1 aromatic rings. The van der Waals surface area contributed by atoms with E-state index in [1.54, 1.807) is 6.92 Å². The van der Waals surface area contributed by atoms with Crippen LogP contribution in [0.15, 0.2) is 23.1 Å². The van der Waals surface area contributed by atoms with E-state index in [0.29, 0.717) is 37.4 Å². The van der Waals surface area contributed by atoms with Gasteiger partial charge >= 0.3 is 0 Å². The summed E-state index contributed by atoms with van der Waals surface area (Å²) in [7, 11) is -3.64. The van der Waals surface area contributed by atoms with Crippen LogP contribution in [0.3, 0.4) is 0 Å². The second kappa shape index (κ2) is 7.64. The number of benzene rings is 1. The van der Waals surface area contributed by atoms with E-state index in [1.807, 2.05) is 4.90 Å². The summed E-state index contributed by atoms with van der Waals surface area (Å²) in [6, 6.07) is 3.87. The van der Waals surface area contributed by atoms with Gasteiger partial charge in [-0.3, -0.25) is 4.79 Å². The highest BCUT2D eigenvalue weighted by atomic mass is 32.2. The molecule has 2 aliphatic rings. The van der Waals surface area contributed by atoms with Gasteiger partial charge in [0.05, 0.1) is 4.90 Å². The second-order valence-corrected chi connectivity index (χ2v) is 9.56. The number of piperidine rings is 2. The van der Waals surface area contributed by atoms with E-state index >= 15 is 0 Å². The van der Waals surface area contributed by atoms with Gasteiger partial charge in [0, 0.05) is 32.1 Å². The van der Waals surface area contributed by atoms with Gasteiger partial charge in [0.1, 0.15) is 5.82 Å². The molecule has 0 aromatic heterocycles. The molecule has 0 spiro atoms. The Labute approximate surface area is 155 Å². The Bertz CT molecular complexity index is 773. The van der Waals surface area contributed by atoms with Gasteiger partial charge in [-0.05, 0) is 62.3 Å². The second-order valence-electron chi connectivity index (χ2n) is 7.62. The molecule has 0 aliphatic carbocycles. The van der Waals surface area contributed by atoms with Crippen molar-refractivity contribution in [3.05, 3.63) is 29.6 Å². The Morgan fingerprint density at radius 1 is 1.15 bits per heavy atom. The highest BCUT2D eigenvalue weighted by molar-refractivity contribution is 7.89. The van der Waals surface area contributed by atoms with Crippen LogP contribution in [0.5, 0.6) is 0 Å². The lowest BCUT2D eigenvalue weighted by Crippen LogP contribution is -2.46. The quantitative estimate of drug-likeness (QED) is 0.808. The van der Waals surface area contributed by atoms with Crippen LogP contribution < -0.4 is 0 Å². The summed E-state index contributed by atoms with van der Waals surface area (Å²) in [5, 5.41) is 0. The molecule has 26 heavy (non-hydrogen) atoms. The normalized spacial score (nSPS) is 23.2. The van der Waals surface area contributed by atoms with E-state index < -0.39 is 15.8 Å². The first-order valence-corrected chi connectivity index (χ1v) is 10.8. The van der Waals surface area contributed by atoms with Crippen LogP contribution in [0.4, 0.5) is 4.39 Å². The van der Waals surface area contributed by atoms with E-state index in [9.17, 15) is 17.6 Å². The monoisotopic (exact) mass is 382 g/mol. The average molecular weight is 383 g/mol. The minimum atomic E-state index is -3.64. The number of amides is 1. The van der Waals surface area contributed by atoms with Crippen LogP contribution in [0.25, 0.3) is 0 Å². The summed E-state index contributed by atoms with van der Waals surface area (Å²) in [4.78, 5) is 14.8. The van der Waals surface area contributed by atoms with Crippen LogP contribution in [-0.4, -0.2) is 49.7 Å². The zero-order valence-corrected chi connectivity index (χ0v) is 16.3. The summed E-state index contributed by atoms with van der Waals surface area (Å²) in [5.74, 6) is 0.201. The summed E-state index contributed by atoms with van der Waals surface area (Å²) in [6.45, 7) is 6.01. The molecular weight excluding hydrogens is 355 g/mol. The van der Waals surface area contributed by atoms with Crippen molar-refractivity contribution in [3.8, 4) is 0 Å². The smallest absolute Gasteiger partial charge is 0.243 e. The van der Waals surface area contributed by atoms with Gasteiger partial charge in [0.2, 0.25) is 15.9 Å². The van der Waals surface area contributed by atoms with E-state index in [1.165, 1.54) is 22.5 Å². The maximum atomic E-state index is 13.4. The number of aryl methyl sites for hydroxylation is 1. The fourth-order valence-corrected chi connectivity index (χ4v) is 5.47. The first kappa shape index (κ1) is 19.3. The number of nitrogens with zero attached hydrogens (tertiary/aromatic N) is 2. The molecule has 1 atom stereocenters. The zero-order valence-electron chi connectivity index (χ0n) is 15.4. The van der Waals surface area contributed by atoms with Crippen molar-refractivity contribution in [2.45, 2.75) is 44.4 Å². The first-order chi connectivity index (χ1) is 12.3. The van der Waals surface area contributed by atoms with Crippen molar-refractivity contribution in [3.63, 3.8) is 0 Å². The Kier molecular flexibility index (Phi) is 5.67. The zero-order chi connectivity index (χ0) is 18.9. The van der Waals surface area contributed by atoms with E-state index in [2.05, 4.69) is 6.92 Å². The van der Waals surface area contributed by atoms with Crippen molar-refractivity contribution in [2.24, 2.45) is 11.8 Å². The Hall–Kier alpha value is -1.47. The maximum absolute atomic E-state index is 13.4. The van der Waals surface area contributed by atoms with Gasteiger partial charge in [0.15, 0.2) is 0 Å². The summed E-state index contributed by atoms with van der Waals surface area (Å²) >= 11 is 0. The van der Waals surface area contributed by atoms with Gasteiger partial charge < -0.3 is 4.90 Å². The molecule has 5 nitrogen and oxygen atoms in total. The molecule has 144 valence electrons. The Morgan fingerprint density at radius 3 is 2.46 bits per heavy atom. The van der Waals surface area contributed by atoms with Gasteiger partial charge in [-0.2, -0.15) is 4.31 Å². The molecule has 1 aromatic carbocycles. The third-order valence-corrected chi connectivity index (χ3v) is 7.43. The van der Waals surface area contributed by atoms with Crippen molar-refractivity contribution >= 4 is 15.9 Å². The number of likely N-dealkylation sites (tertiary alicyclic amines) is 1. The summed E-state index contributed by atoms with van der Waals surface area (Å²) in [6.07, 6.45) is 3.30. The third kappa shape index (κ3) is 3.93. The minimum absolute atomic E-state index is 0.0956. The fourth-order valence-electron chi connectivity index (χ4n) is 3.92. The standard InChI is InChI=1S/C19H27FN2O3S/c1-14-4-3-9-21(13-14)19(23)16-7-10-22(11-8-16)26(24,25)17-5-6-18(20)15(2)12-17/h5-6,12,14,16H,3-4,7-11,13H2,1-2H3. The number of hydrogen-bond acceptors (Lipinski definition) is 3. The SMILES string of the molecule is Cc1cc(S(=O)(=O)N2CCC(C(=O)N3CCCC(C)C3)CC2)ccc1F. The van der Waals surface area contributed by atoms with Gasteiger partial charge in [-0.25, -0.2) is 12.8 Å². The number of carbonyl (C=O) groups is 1. The van der Waals surface area contributed by atoms with E-state index in [0.717, 1.165) is 25.9 Å². The highest BCUT2D eigenvalue weighted by Gasteiger charge is 2.34. The molecule has 1 unspecified atom stereocenters. The van der Waals surface area contributed by atoms with Gasteiger partial charge in [0.25, 0.3) is 0 Å². The Balaban J connectivity index is 1.64. The predicted molar refractivity (Wildman–Crippen MR) is 97.6 cm³/mol. The molecule has 0 radical (unpaired) electrons. The van der Waals surface area contributed by atoms with Crippen LogP contribution >= 0.6 is 0 Å². The number of sulfonamides is 1. The topological polar surface area (TPSA) is 57.7 Å². The van der Waals surface area contributed by atoms with Crippen LogP contribution in [0.2, 0.25) is 0 Å². The van der Waals surface area contributed by atoms with Gasteiger partial charge in [-0.1, -0.05) is 6.92 Å². The van der Waals surface area contributed by atoms with Gasteiger partial charge in [-0.15, -0.1) is 0 Å². The van der Waals surface area contributed by atoms with Crippen LogP contribution in [-0.2, 0) is 14.8 Å². The summed E-state index contributed by atoms with van der Waals surface area (Å²) < 4.78 is 40.4. The number of rotatable bonds is 3. The number of carbonyl (C=O) groups excluding carboxylic acids is 1. The van der Waals surface area contributed by atoms with Crippen LogP contribution in [0.1, 0.15) is 38.2 Å². The molecule has 0 N–H and O–H groups in total. The van der Waals surface area contributed by atoms with Crippen molar-refractivity contribution in [1.29, 1.82) is 0 Å². The first-order valence-electron chi connectivity index (χ1n) is 9.34. The van der Waals surface area contributed by atoms with E-state index in [4.69, 9.17) is 0 Å². The maximum Gasteiger partial charge on any atom is 0.243 e. The molecule has 0 saturated carbocycles. The molecule has 2 heterocycles. The molecule has 2 saturated heterocycles. The van der Waals surface area contributed by atoms with Crippen molar-refractivity contribution in [1.82, 2.24) is 9.21 Å². The fraction of sp³-hybridized carbons (Fsp3) is 0.632. The molecule has 7 heteroatoms. The predicted octanol–water partition coefficient (Wildman–Crippen LogP) is 2.79. The molecule has 2 aliphatic heterocycles. The molecular formula is C19H27FN2O3S. The lowest BCUT2D eigenvalue weighted by atomic mass is 9.93. The van der Waals surface area contributed by atoms with Crippen LogP contribution in [0, 0.1) is 24.6 Å². The third-order valence-electron chi connectivity index (χ3n) is 5.54. The lowest BCUT2D eigenvalue weighted by molar-refractivity contribution is -0.138. The Morgan fingerprint density at radius 2 is 1.85 bits per heavy atom. The lowest BCUT2D eigenvalue weighted by Gasteiger charge is -2.36. The van der Waals surface area contributed by atoms with Crippen molar-refractivity contribution in [2.75, 3.05) is 26.2 Å². The molecule has 0 bridgehead atoms. The number of hydrogen-bond donors (Lipinski definition) is 0. The highest BCUT2D eigenvalue weighted by Crippen LogP contribution is 2.27. The summed E-state index contributed by atoms with van der Waals surface area (Å²) in [5.41, 5.74) is 0.315. The van der Waals surface area contributed by atoms with Crippen molar-refractivity contribution < 1.29 is 17.6 Å². The van der Waals surface area contributed by atoms with E-state index in [-0.39, 0.29) is 16.7 Å².